The van der Waals surface area contributed by atoms with Crippen LogP contribution >= 0.6 is 0 Å². The molecule has 3 aromatic rings. The number of hydrogen-bond donors (Lipinski definition) is 2. The van der Waals surface area contributed by atoms with Gasteiger partial charge in [-0.25, -0.2) is 4.39 Å². The maximum atomic E-state index is 12.8. The molecule has 2 N–H and O–H groups in total. The van der Waals surface area contributed by atoms with E-state index in [2.05, 4.69) is 39.7 Å². The molecular formula is C17H18FN3. The average Bonchev–Trinajstić information content (AvgIpc) is 2.91. The van der Waals surface area contributed by atoms with Crippen molar-refractivity contribution in [1.82, 2.24) is 15.3 Å². The van der Waals surface area contributed by atoms with Crippen molar-refractivity contribution in [1.29, 1.82) is 0 Å². The fourth-order valence-electron chi connectivity index (χ4n) is 2.51. The minimum absolute atomic E-state index is 0.107. The third-order valence-electron chi connectivity index (χ3n) is 3.71. The molecule has 0 saturated heterocycles. The normalized spacial score (nSPS) is 12.7. The van der Waals surface area contributed by atoms with E-state index in [0.717, 1.165) is 18.7 Å². The number of H-pyrrole nitrogens is 1. The first kappa shape index (κ1) is 13.8. The van der Waals surface area contributed by atoms with Gasteiger partial charge in [-0.2, -0.15) is 0 Å². The Morgan fingerprint density at radius 1 is 1.24 bits per heavy atom. The Morgan fingerprint density at radius 2 is 2.10 bits per heavy atom. The number of hydrogen-bond acceptors (Lipinski definition) is 2. The molecule has 0 fully saturated rings. The Morgan fingerprint density at radius 3 is 2.90 bits per heavy atom. The lowest BCUT2D eigenvalue weighted by atomic mass is 10.1. The Kier molecular flexibility index (Phi) is 3.97. The summed E-state index contributed by atoms with van der Waals surface area (Å²) >= 11 is 0. The largest absolute Gasteiger partial charge is 0.361 e. The molecule has 108 valence electrons. The number of benzene rings is 1. The van der Waals surface area contributed by atoms with Crippen LogP contribution in [0.3, 0.4) is 0 Å². The van der Waals surface area contributed by atoms with Crippen molar-refractivity contribution in [2.45, 2.75) is 19.4 Å². The standard InChI is InChI=1S/C17H18FN3/c1-12(16-7-6-14(18)11-21-16)19-9-8-13-10-20-17-5-3-2-4-15(13)17/h2-7,10-12,19-20H,8-9H2,1H3. The van der Waals surface area contributed by atoms with Crippen LogP contribution in [0.1, 0.15) is 24.2 Å². The molecule has 0 radical (unpaired) electrons. The van der Waals surface area contributed by atoms with Gasteiger partial charge in [0.25, 0.3) is 0 Å². The van der Waals surface area contributed by atoms with Gasteiger partial charge in [0.05, 0.1) is 11.9 Å². The Balaban J connectivity index is 1.59. The van der Waals surface area contributed by atoms with Gasteiger partial charge in [-0.05, 0) is 43.7 Å². The lowest BCUT2D eigenvalue weighted by molar-refractivity contribution is 0.557. The third kappa shape index (κ3) is 3.11. The number of aromatic amines is 1. The predicted molar refractivity (Wildman–Crippen MR) is 82.6 cm³/mol. The summed E-state index contributed by atoms with van der Waals surface area (Å²) in [5, 5.41) is 4.69. The maximum Gasteiger partial charge on any atom is 0.141 e. The smallest absolute Gasteiger partial charge is 0.141 e. The summed E-state index contributed by atoms with van der Waals surface area (Å²) < 4.78 is 12.8. The molecule has 4 heteroatoms. The number of rotatable bonds is 5. The highest BCUT2D eigenvalue weighted by Crippen LogP contribution is 2.18. The van der Waals surface area contributed by atoms with E-state index in [-0.39, 0.29) is 11.9 Å². The van der Waals surface area contributed by atoms with Crippen LogP contribution < -0.4 is 5.32 Å². The monoisotopic (exact) mass is 283 g/mol. The summed E-state index contributed by atoms with van der Waals surface area (Å²) in [6.45, 7) is 2.89. The molecule has 3 rings (SSSR count). The van der Waals surface area contributed by atoms with Gasteiger partial charge in [0.1, 0.15) is 5.82 Å². The van der Waals surface area contributed by atoms with Crippen molar-refractivity contribution in [3.63, 3.8) is 0 Å². The van der Waals surface area contributed by atoms with Gasteiger partial charge in [-0.15, -0.1) is 0 Å². The van der Waals surface area contributed by atoms with Gasteiger partial charge in [0.15, 0.2) is 0 Å². The molecular weight excluding hydrogens is 265 g/mol. The summed E-state index contributed by atoms with van der Waals surface area (Å²) in [5.41, 5.74) is 3.33. The van der Waals surface area contributed by atoms with E-state index in [0.29, 0.717) is 0 Å². The molecule has 1 aromatic carbocycles. The summed E-state index contributed by atoms with van der Waals surface area (Å²) in [5.74, 6) is -0.301. The number of halogens is 1. The van der Waals surface area contributed by atoms with Gasteiger partial charge in [-0.1, -0.05) is 18.2 Å². The van der Waals surface area contributed by atoms with Crippen molar-refractivity contribution in [2.75, 3.05) is 6.54 Å². The van der Waals surface area contributed by atoms with E-state index >= 15 is 0 Å². The van der Waals surface area contributed by atoms with Crippen molar-refractivity contribution < 1.29 is 4.39 Å². The van der Waals surface area contributed by atoms with E-state index in [4.69, 9.17) is 0 Å². The zero-order valence-corrected chi connectivity index (χ0v) is 11.9. The van der Waals surface area contributed by atoms with Crippen LogP contribution in [0.15, 0.2) is 48.8 Å². The molecule has 3 nitrogen and oxygen atoms in total. The highest BCUT2D eigenvalue weighted by atomic mass is 19.1. The third-order valence-corrected chi connectivity index (χ3v) is 3.71. The fourth-order valence-corrected chi connectivity index (χ4v) is 2.51. The number of fused-ring (bicyclic) bond motifs is 1. The lowest BCUT2D eigenvalue weighted by Crippen LogP contribution is -2.22. The summed E-state index contributed by atoms with van der Waals surface area (Å²) in [6.07, 6.45) is 4.26. The van der Waals surface area contributed by atoms with Gasteiger partial charge < -0.3 is 10.3 Å². The summed E-state index contributed by atoms with van der Waals surface area (Å²) in [4.78, 5) is 7.38. The summed E-state index contributed by atoms with van der Waals surface area (Å²) in [7, 11) is 0. The number of aromatic nitrogens is 2. The zero-order chi connectivity index (χ0) is 14.7. The van der Waals surface area contributed by atoms with E-state index in [1.807, 2.05) is 13.0 Å². The fraction of sp³-hybridized carbons (Fsp3) is 0.235. The Bertz CT molecular complexity index is 718. The molecule has 1 unspecified atom stereocenters. The van der Waals surface area contributed by atoms with Crippen molar-refractivity contribution in [2.24, 2.45) is 0 Å². The van der Waals surface area contributed by atoms with Gasteiger partial charge >= 0.3 is 0 Å². The predicted octanol–water partition coefficient (Wildman–Crippen LogP) is 3.60. The molecule has 0 saturated carbocycles. The average molecular weight is 283 g/mol. The van der Waals surface area contributed by atoms with E-state index in [9.17, 15) is 4.39 Å². The number of nitrogens with zero attached hydrogens (tertiary/aromatic N) is 1. The Hall–Kier alpha value is -2.20. The first-order chi connectivity index (χ1) is 10.2. The molecule has 0 aliphatic carbocycles. The lowest BCUT2D eigenvalue weighted by Gasteiger charge is -2.12. The van der Waals surface area contributed by atoms with Gasteiger partial charge in [0.2, 0.25) is 0 Å². The van der Waals surface area contributed by atoms with Crippen molar-refractivity contribution in [3.8, 4) is 0 Å². The van der Waals surface area contributed by atoms with Crippen LogP contribution in [-0.4, -0.2) is 16.5 Å². The first-order valence-electron chi connectivity index (χ1n) is 7.14. The number of nitrogens with one attached hydrogen (secondary N) is 2. The topological polar surface area (TPSA) is 40.7 Å². The second kappa shape index (κ2) is 6.06. The molecule has 21 heavy (non-hydrogen) atoms. The molecule has 0 aliphatic rings. The second-order valence-electron chi connectivity index (χ2n) is 5.19. The number of pyridine rings is 1. The minimum atomic E-state index is -0.301. The minimum Gasteiger partial charge on any atom is -0.361 e. The molecule has 0 amide bonds. The van der Waals surface area contributed by atoms with E-state index in [1.165, 1.54) is 28.7 Å². The summed E-state index contributed by atoms with van der Waals surface area (Å²) in [6, 6.07) is 11.6. The first-order valence-corrected chi connectivity index (χ1v) is 7.14. The Labute approximate surface area is 123 Å². The molecule has 1 atom stereocenters. The quantitative estimate of drug-likeness (QED) is 0.751. The highest BCUT2D eigenvalue weighted by Gasteiger charge is 2.07. The second-order valence-corrected chi connectivity index (χ2v) is 5.19. The van der Waals surface area contributed by atoms with Crippen LogP contribution in [0.4, 0.5) is 4.39 Å². The maximum absolute atomic E-state index is 12.8. The number of para-hydroxylation sites is 1. The van der Waals surface area contributed by atoms with Crippen LogP contribution in [0.2, 0.25) is 0 Å². The molecule has 0 aliphatic heterocycles. The van der Waals surface area contributed by atoms with E-state index < -0.39 is 0 Å². The van der Waals surface area contributed by atoms with Crippen LogP contribution in [0.25, 0.3) is 10.9 Å². The van der Waals surface area contributed by atoms with Crippen LogP contribution in [-0.2, 0) is 6.42 Å². The zero-order valence-electron chi connectivity index (χ0n) is 11.9. The van der Waals surface area contributed by atoms with Crippen LogP contribution in [0, 0.1) is 5.82 Å². The van der Waals surface area contributed by atoms with Crippen molar-refractivity contribution >= 4 is 10.9 Å². The van der Waals surface area contributed by atoms with Crippen LogP contribution in [0.5, 0.6) is 0 Å². The molecule has 0 spiro atoms. The molecule has 2 aromatic heterocycles. The van der Waals surface area contributed by atoms with Gasteiger partial charge in [0, 0.05) is 23.1 Å². The molecule has 0 bridgehead atoms. The SMILES string of the molecule is CC(NCCc1c[nH]c2ccccc12)c1ccc(F)cn1. The van der Waals surface area contributed by atoms with Crippen molar-refractivity contribution in [3.05, 3.63) is 65.9 Å². The molecule has 2 heterocycles. The van der Waals surface area contributed by atoms with E-state index in [1.54, 1.807) is 6.07 Å². The highest BCUT2D eigenvalue weighted by molar-refractivity contribution is 5.83. The van der Waals surface area contributed by atoms with Gasteiger partial charge in [-0.3, -0.25) is 4.98 Å².